The second-order valence-corrected chi connectivity index (χ2v) is 10.1. The van der Waals surface area contributed by atoms with Gasteiger partial charge in [0, 0.05) is 11.6 Å². The van der Waals surface area contributed by atoms with Gasteiger partial charge in [0.1, 0.15) is 16.2 Å². The van der Waals surface area contributed by atoms with Gasteiger partial charge in [0.2, 0.25) is 9.84 Å². The minimum absolute atomic E-state index is 0.0707. The summed E-state index contributed by atoms with van der Waals surface area (Å²) in [6, 6.07) is 11.7. The standard InChI is InChI=1S/C22H22Cl2N4O2S/c1-2-3-4-7-12-28-21(25)20(31(29,30)18-13-14(23)10-11-15(18)24)19-22(28)27-17-9-6-5-8-16(17)26-19/h5-6,8-11,13H,2-4,7,12,25H2,1H3. The van der Waals surface area contributed by atoms with Crippen molar-refractivity contribution in [3.8, 4) is 0 Å². The predicted molar refractivity (Wildman–Crippen MR) is 126 cm³/mol. The highest BCUT2D eigenvalue weighted by molar-refractivity contribution is 7.92. The van der Waals surface area contributed by atoms with Gasteiger partial charge < -0.3 is 10.3 Å². The van der Waals surface area contributed by atoms with Crippen LogP contribution in [-0.4, -0.2) is 23.0 Å². The fraction of sp³-hybridized carbons (Fsp3) is 0.273. The van der Waals surface area contributed by atoms with Crippen molar-refractivity contribution >= 4 is 61.1 Å². The average molecular weight is 477 g/mol. The largest absolute Gasteiger partial charge is 0.384 e. The first-order valence-corrected chi connectivity index (χ1v) is 12.3. The molecule has 0 bridgehead atoms. The zero-order valence-electron chi connectivity index (χ0n) is 17.0. The summed E-state index contributed by atoms with van der Waals surface area (Å²) in [6.07, 6.45) is 4.06. The molecule has 4 aromatic rings. The van der Waals surface area contributed by atoms with E-state index in [1.165, 1.54) is 18.2 Å². The molecule has 0 aliphatic carbocycles. The lowest BCUT2D eigenvalue weighted by Crippen LogP contribution is -2.09. The highest BCUT2D eigenvalue weighted by atomic mass is 35.5. The molecule has 0 atom stereocenters. The third-order valence-electron chi connectivity index (χ3n) is 5.23. The summed E-state index contributed by atoms with van der Waals surface area (Å²) < 4.78 is 29.1. The van der Waals surface area contributed by atoms with Crippen molar-refractivity contribution < 1.29 is 8.42 Å². The van der Waals surface area contributed by atoms with Crippen molar-refractivity contribution in [2.75, 3.05) is 5.73 Å². The van der Waals surface area contributed by atoms with E-state index in [-0.39, 0.29) is 31.2 Å². The SMILES string of the molecule is CCCCCCn1c(N)c(S(=O)(=O)c2cc(Cl)ccc2Cl)c2nc3ccccc3nc21. The number of sulfone groups is 1. The van der Waals surface area contributed by atoms with E-state index < -0.39 is 9.84 Å². The van der Waals surface area contributed by atoms with Crippen LogP contribution in [0.1, 0.15) is 32.6 Å². The van der Waals surface area contributed by atoms with Crippen LogP contribution in [0.15, 0.2) is 52.3 Å². The summed E-state index contributed by atoms with van der Waals surface area (Å²) in [5, 5.41) is 0.336. The number of aromatic nitrogens is 3. The predicted octanol–water partition coefficient (Wildman–Crippen LogP) is 5.89. The maximum atomic E-state index is 13.7. The molecular weight excluding hydrogens is 455 g/mol. The monoisotopic (exact) mass is 476 g/mol. The molecule has 0 spiro atoms. The Morgan fingerprint density at radius 3 is 2.42 bits per heavy atom. The third kappa shape index (κ3) is 3.97. The minimum atomic E-state index is -4.10. The highest BCUT2D eigenvalue weighted by Gasteiger charge is 2.31. The number of anilines is 1. The number of halogens is 2. The number of benzene rings is 2. The maximum absolute atomic E-state index is 13.7. The van der Waals surface area contributed by atoms with E-state index in [1.807, 2.05) is 18.2 Å². The van der Waals surface area contributed by atoms with Crippen molar-refractivity contribution in [1.82, 2.24) is 14.5 Å². The molecule has 2 aromatic heterocycles. The molecule has 0 unspecified atom stereocenters. The zero-order chi connectivity index (χ0) is 22.2. The third-order valence-corrected chi connectivity index (χ3v) is 7.77. The number of aryl methyl sites for hydroxylation is 1. The van der Waals surface area contributed by atoms with Crippen molar-refractivity contribution in [2.45, 2.75) is 48.9 Å². The van der Waals surface area contributed by atoms with Gasteiger partial charge in [-0.05, 0) is 36.8 Å². The molecule has 162 valence electrons. The molecule has 4 rings (SSSR count). The van der Waals surface area contributed by atoms with Gasteiger partial charge in [-0.1, -0.05) is 61.5 Å². The van der Waals surface area contributed by atoms with Crippen LogP contribution in [0.5, 0.6) is 0 Å². The molecular formula is C22H22Cl2N4O2S. The van der Waals surface area contributed by atoms with Crippen LogP contribution in [0.3, 0.4) is 0 Å². The van der Waals surface area contributed by atoms with Crippen LogP contribution in [0.2, 0.25) is 10.0 Å². The van der Waals surface area contributed by atoms with Crippen molar-refractivity contribution in [2.24, 2.45) is 0 Å². The highest BCUT2D eigenvalue weighted by Crippen LogP contribution is 2.38. The molecule has 0 aliphatic heterocycles. The summed E-state index contributed by atoms with van der Waals surface area (Å²) in [5.41, 5.74) is 8.38. The van der Waals surface area contributed by atoms with Gasteiger partial charge >= 0.3 is 0 Å². The molecule has 0 aliphatic rings. The Morgan fingerprint density at radius 1 is 1.00 bits per heavy atom. The molecule has 9 heteroatoms. The smallest absolute Gasteiger partial charge is 0.213 e. The number of nitrogens with two attached hydrogens (primary N) is 1. The second-order valence-electron chi connectivity index (χ2n) is 7.39. The number of rotatable bonds is 7. The Labute approximate surface area is 190 Å². The van der Waals surface area contributed by atoms with Crippen LogP contribution in [0, 0.1) is 0 Å². The first-order chi connectivity index (χ1) is 14.8. The second kappa shape index (κ2) is 8.65. The van der Waals surface area contributed by atoms with Crippen LogP contribution >= 0.6 is 23.2 Å². The fourth-order valence-electron chi connectivity index (χ4n) is 3.67. The van der Waals surface area contributed by atoms with Gasteiger partial charge in [0.25, 0.3) is 0 Å². The van der Waals surface area contributed by atoms with Gasteiger partial charge in [-0.25, -0.2) is 18.4 Å². The van der Waals surface area contributed by atoms with E-state index in [1.54, 1.807) is 10.6 Å². The molecule has 0 fully saturated rings. The lowest BCUT2D eigenvalue weighted by Gasteiger charge is -2.09. The summed E-state index contributed by atoms with van der Waals surface area (Å²) >= 11 is 12.3. The Balaban J connectivity index is 1.98. The van der Waals surface area contributed by atoms with Crippen LogP contribution < -0.4 is 5.73 Å². The summed E-state index contributed by atoms with van der Waals surface area (Å²) in [6.45, 7) is 2.69. The number of nitrogens with zero attached hydrogens (tertiary/aromatic N) is 3. The van der Waals surface area contributed by atoms with Crippen molar-refractivity contribution in [1.29, 1.82) is 0 Å². The number of unbranched alkanes of at least 4 members (excludes halogenated alkanes) is 3. The summed E-state index contributed by atoms with van der Waals surface area (Å²) in [7, 11) is -4.10. The number of hydrogen-bond donors (Lipinski definition) is 1. The van der Waals surface area contributed by atoms with Gasteiger partial charge in [-0.3, -0.25) is 0 Å². The van der Waals surface area contributed by atoms with Crippen molar-refractivity contribution in [3.63, 3.8) is 0 Å². The van der Waals surface area contributed by atoms with E-state index in [0.717, 1.165) is 25.7 Å². The molecule has 0 saturated carbocycles. The molecule has 0 amide bonds. The molecule has 2 N–H and O–H groups in total. The maximum Gasteiger partial charge on any atom is 0.213 e. The Hall–Kier alpha value is -2.35. The van der Waals surface area contributed by atoms with E-state index >= 15 is 0 Å². The van der Waals surface area contributed by atoms with E-state index in [9.17, 15) is 8.42 Å². The minimum Gasteiger partial charge on any atom is -0.384 e. The number of hydrogen-bond acceptors (Lipinski definition) is 5. The van der Waals surface area contributed by atoms with Crippen LogP contribution in [0.25, 0.3) is 22.2 Å². The molecule has 31 heavy (non-hydrogen) atoms. The molecule has 6 nitrogen and oxygen atoms in total. The average Bonchev–Trinajstić information content (AvgIpc) is 3.02. The van der Waals surface area contributed by atoms with E-state index in [0.29, 0.717) is 23.2 Å². The van der Waals surface area contributed by atoms with Gasteiger partial charge in [0.05, 0.1) is 21.0 Å². The first-order valence-electron chi connectivity index (χ1n) is 10.1. The topological polar surface area (TPSA) is 90.9 Å². The van der Waals surface area contributed by atoms with Crippen LogP contribution in [0.4, 0.5) is 5.82 Å². The number of fused-ring (bicyclic) bond motifs is 2. The molecule has 0 saturated heterocycles. The Kier molecular flexibility index (Phi) is 6.10. The Bertz CT molecular complexity index is 1380. The quantitative estimate of drug-likeness (QED) is 0.336. The van der Waals surface area contributed by atoms with Gasteiger partial charge in [-0.2, -0.15) is 0 Å². The van der Waals surface area contributed by atoms with Gasteiger partial charge in [-0.15, -0.1) is 0 Å². The summed E-state index contributed by atoms with van der Waals surface area (Å²) in [5.74, 6) is 0.109. The summed E-state index contributed by atoms with van der Waals surface area (Å²) in [4.78, 5) is 9.14. The Morgan fingerprint density at radius 2 is 1.71 bits per heavy atom. The normalized spacial score (nSPS) is 12.1. The number of nitrogen functional groups attached to an aromatic ring is 1. The molecule has 0 radical (unpaired) electrons. The fourth-order valence-corrected chi connectivity index (χ4v) is 5.93. The van der Waals surface area contributed by atoms with Gasteiger partial charge in [0.15, 0.2) is 5.65 Å². The van der Waals surface area contributed by atoms with E-state index in [4.69, 9.17) is 33.9 Å². The zero-order valence-corrected chi connectivity index (χ0v) is 19.3. The number of para-hydroxylation sites is 2. The lowest BCUT2D eigenvalue weighted by molar-refractivity contribution is 0.589. The molecule has 2 aromatic carbocycles. The van der Waals surface area contributed by atoms with E-state index in [2.05, 4.69) is 11.9 Å². The van der Waals surface area contributed by atoms with Crippen LogP contribution in [-0.2, 0) is 16.4 Å². The lowest BCUT2D eigenvalue weighted by atomic mass is 10.2. The van der Waals surface area contributed by atoms with Crippen molar-refractivity contribution in [3.05, 3.63) is 52.5 Å². The molecule has 2 heterocycles. The first kappa shape index (κ1) is 21.9.